The Labute approximate surface area is 123 Å². The van der Waals surface area contributed by atoms with Crippen molar-refractivity contribution in [2.45, 2.75) is 25.3 Å². The molecule has 0 aliphatic carbocycles. The summed E-state index contributed by atoms with van der Waals surface area (Å²) >= 11 is 0. The van der Waals surface area contributed by atoms with Crippen LogP contribution in [0.25, 0.3) is 0 Å². The van der Waals surface area contributed by atoms with Crippen molar-refractivity contribution in [3.63, 3.8) is 0 Å². The average Bonchev–Trinajstić information content (AvgIpc) is 2.38. The maximum absolute atomic E-state index is 13.1. The third-order valence-electron chi connectivity index (χ3n) is 3.36. The SMILES string of the molecule is Cc1cc(F)ccc1CNc1cccc(S(N)(=O)=O)c1C. The molecule has 0 spiro atoms. The summed E-state index contributed by atoms with van der Waals surface area (Å²) in [5, 5.41) is 8.34. The lowest BCUT2D eigenvalue weighted by atomic mass is 10.1. The number of sulfonamides is 1. The van der Waals surface area contributed by atoms with E-state index in [4.69, 9.17) is 5.14 Å². The Morgan fingerprint density at radius 1 is 1.19 bits per heavy atom. The minimum absolute atomic E-state index is 0.100. The first-order chi connectivity index (χ1) is 9.79. The van der Waals surface area contributed by atoms with Gasteiger partial charge in [0.1, 0.15) is 5.82 Å². The van der Waals surface area contributed by atoms with Crippen molar-refractivity contribution >= 4 is 15.7 Å². The summed E-state index contributed by atoms with van der Waals surface area (Å²) in [5.74, 6) is -0.274. The van der Waals surface area contributed by atoms with Crippen LogP contribution < -0.4 is 10.5 Å². The quantitative estimate of drug-likeness (QED) is 0.912. The second-order valence-corrected chi connectivity index (χ2v) is 6.43. The lowest BCUT2D eigenvalue weighted by Crippen LogP contribution is -2.14. The van der Waals surface area contributed by atoms with Crippen LogP contribution in [0.15, 0.2) is 41.3 Å². The molecule has 0 bridgehead atoms. The molecule has 0 heterocycles. The van der Waals surface area contributed by atoms with E-state index in [9.17, 15) is 12.8 Å². The zero-order chi connectivity index (χ0) is 15.6. The van der Waals surface area contributed by atoms with Gasteiger partial charge in [-0.15, -0.1) is 0 Å². The molecule has 21 heavy (non-hydrogen) atoms. The van der Waals surface area contributed by atoms with Crippen LogP contribution in [-0.4, -0.2) is 8.42 Å². The highest BCUT2D eigenvalue weighted by Crippen LogP contribution is 2.23. The van der Waals surface area contributed by atoms with Gasteiger partial charge >= 0.3 is 0 Å². The van der Waals surface area contributed by atoms with Crippen molar-refractivity contribution in [1.29, 1.82) is 0 Å². The standard InChI is InChI=1S/C15H17FN2O2S/c1-10-8-13(16)7-6-12(10)9-18-14-4-3-5-15(11(14)2)21(17,19)20/h3-8,18H,9H2,1-2H3,(H2,17,19,20). The summed E-state index contributed by atoms with van der Waals surface area (Å²) in [6.07, 6.45) is 0. The Bertz CT molecular complexity index is 773. The molecule has 4 nitrogen and oxygen atoms in total. The van der Waals surface area contributed by atoms with Crippen LogP contribution in [0.5, 0.6) is 0 Å². The summed E-state index contributed by atoms with van der Waals surface area (Å²) in [5.41, 5.74) is 3.03. The number of nitrogens with one attached hydrogen (secondary N) is 1. The molecule has 2 aromatic carbocycles. The molecule has 0 aliphatic heterocycles. The van der Waals surface area contributed by atoms with Crippen LogP contribution >= 0.6 is 0 Å². The molecule has 112 valence electrons. The van der Waals surface area contributed by atoms with Crippen LogP contribution in [0.2, 0.25) is 0 Å². The van der Waals surface area contributed by atoms with E-state index in [0.717, 1.165) is 11.1 Å². The number of hydrogen-bond acceptors (Lipinski definition) is 3. The number of primary sulfonamides is 1. The van der Waals surface area contributed by atoms with Crippen LogP contribution in [-0.2, 0) is 16.6 Å². The van der Waals surface area contributed by atoms with Crippen molar-refractivity contribution in [1.82, 2.24) is 0 Å². The summed E-state index contributed by atoms with van der Waals surface area (Å²) < 4.78 is 36.0. The fourth-order valence-corrected chi connectivity index (χ4v) is 2.97. The van der Waals surface area contributed by atoms with Crippen molar-refractivity contribution < 1.29 is 12.8 Å². The van der Waals surface area contributed by atoms with Gasteiger partial charge in [0.2, 0.25) is 10.0 Å². The number of benzene rings is 2. The van der Waals surface area contributed by atoms with Crippen LogP contribution in [0.4, 0.5) is 10.1 Å². The first-order valence-electron chi connectivity index (χ1n) is 6.40. The second kappa shape index (κ2) is 5.83. The highest BCUT2D eigenvalue weighted by molar-refractivity contribution is 7.89. The fourth-order valence-electron chi connectivity index (χ4n) is 2.16. The monoisotopic (exact) mass is 308 g/mol. The minimum atomic E-state index is -3.74. The third-order valence-corrected chi connectivity index (χ3v) is 4.42. The Morgan fingerprint density at radius 3 is 2.52 bits per heavy atom. The van der Waals surface area contributed by atoms with Gasteiger partial charge in [-0.2, -0.15) is 0 Å². The summed E-state index contributed by atoms with van der Waals surface area (Å²) in [6, 6.07) is 9.45. The number of hydrogen-bond donors (Lipinski definition) is 2. The zero-order valence-corrected chi connectivity index (χ0v) is 12.7. The van der Waals surface area contributed by atoms with Gasteiger partial charge in [-0.1, -0.05) is 12.1 Å². The molecule has 0 radical (unpaired) electrons. The molecule has 2 rings (SSSR count). The average molecular weight is 308 g/mol. The van der Waals surface area contributed by atoms with E-state index in [2.05, 4.69) is 5.32 Å². The highest BCUT2D eigenvalue weighted by atomic mass is 32.2. The molecule has 6 heteroatoms. The topological polar surface area (TPSA) is 72.2 Å². The molecular formula is C15H17FN2O2S. The maximum atomic E-state index is 13.1. The van der Waals surface area contributed by atoms with E-state index in [-0.39, 0.29) is 10.7 Å². The summed E-state index contributed by atoms with van der Waals surface area (Å²) in [6.45, 7) is 3.99. The molecule has 2 aromatic rings. The normalized spacial score (nSPS) is 11.4. The number of aryl methyl sites for hydroxylation is 1. The molecule has 0 saturated carbocycles. The number of nitrogens with two attached hydrogens (primary N) is 1. The van der Waals surface area contributed by atoms with E-state index in [1.807, 2.05) is 6.92 Å². The second-order valence-electron chi connectivity index (χ2n) is 4.90. The maximum Gasteiger partial charge on any atom is 0.238 e. The van der Waals surface area contributed by atoms with E-state index >= 15 is 0 Å². The first-order valence-corrected chi connectivity index (χ1v) is 7.95. The zero-order valence-electron chi connectivity index (χ0n) is 11.9. The molecule has 3 N–H and O–H groups in total. The van der Waals surface area contributed by atoms with Gasteiger partial charge in [-0.25, -0.2) is 17.9 Å². The molecule has 0 unspecified atom stereocenters. The minimum Gasteiger partial charge on any atom is -0.381 e. The number of halogens is 1. The van der Waals surface area contributed by atoms with Crippen molar-refractivity contribution in [2.75, 3.05) is 5.32 Å². The van der Waals surface area contributed by atoms with Gasteiger partial charge in [-0.05, 0) is 54.8 Å². The van der Waals surface area contributed by atoms with Gasteiger partial charge in [0.05, 0.1) is 4.90 Å². The lowest BCUT2D eigenvalue weighted by molar-refractivity contribution is 0.597. The Balaban J connectivity index is 2.25. The van der Waals surface area contributed by atoms with Crippen LogP contribution in [0.1, 0.15) is 16.7 Å². The Kier molecular flexibility index (Phi) is 4.29. The van der Waals surface area contributed by atoms with Crippen LogP contribution in [0.3, 0.4) is 0 Å². The number of rotatable bonds is 4. The van der Waals surface area contributed by atoms with Crippen molar-refractivity contribution in [3.8, 4) is 0 Å². The van der Waals surface area contributed by atoms with E-state index in [1.165, 1.54) is 18.2 Å². The number of anilines is 1. The molecular weight excluding hydrogens is 291 g/mol. The van der Waals surface area contributed by atoms with Gasteiger partial charge < -0.3 is 5.32 Å². The lowest BCUT2D eigenvalue weighted by Gasteiger charge is -2.13. The van der Waals surface area contributed by atoms with E-state index < -0.39 is 10.0 Å². The molecule has 0 atom stereocenters. The van der Waals surface area contributed by atoms with Gasteiger partial charge in [0.25, 0.3) is 0 Å². The predicted octanol–water partition coefficient (Wildman–Crippen LogP) is 2.70. The van der Waals surface area contributed by atoms with E-state index in [1.54, 1.807) is 25.1 Å². The smallest absolute Gasteiger partial charge is 0.238 e. The predicted molar refractivity (Wildman–Crippen MR) is 81.0 cm³/mol. The molecule has 0 aromatic heterocycles. The van der Waals surface area contributed by atoms with Crippen LogP contribution in [0, 0.1) is 19.7 Å². The largest absolute Gasteiger partial charge is 0.381 e. The fraction of sp³-hybridized carbons (Fsp3) is 0.200. The summed E-state index contributed by atoms with van der Waals surface area (Å²) in [4.78, 5) is 0.100. The summed E-state index contributed by atoms with van der Waals surface area (Å²) in [7, 11) is -3.74. The van der Waals surface area contributed by atoms with Crippen molar-refractivity contribution in [2.24, 2.45) is 5.14 Å². The van der Waals surface area contributed by atoms with Gasteiger partial charge in [-0.3, -0.25) is 0 Å². The molecule has 0 saturated heterocycles. The van der Waals surface area contributed by atoms with E-state index in [0.29, 0.717) is 17.8 Å². The van der Waals surface area contributed by atoms with Crippen molar-refractivity contribution in [3.05, 3.63) is 58.9 Å². The molecule has 0 amide bonds. The first kappa shape index (κ1) is 15.5. The van der Waals surface area contributed by atoms with Gasteiger partial charge in [0, 0.05) is 12.2 Å². The van der Waals surface area contributed by atoms with Gasteiger partial charge in [0.15, 0.2) is 0 Å². The molecule has 0 fully saturated rings. The Hall–Kier alpha value is -1.92. The molecule has 0 aliphatic rings. The third kappa shape index (κ3) is 3.59. The Morgan fingerprint density at radius 2 is 1.90 bits per heavy atom. The highest BCUT2D eigenvalue weighted by Gasteiger charge is 2.13.